The van der Waals surface area contributed by atoms with E-state index in [0.29, 0.717) is 12.2 Å². The Hall–Kier alpha value is -4.17. The van der Waals surface area contributed by atoms with Crippen molar-refractivity contribution in [3.8, 4) is 11.8 Å². The fourth-order valence-electron chi connectivity index (χ4n) is 4.39. The molecule has 1 fully saturated rings. The minimum atomic E-state index is -0.102. The van der Waals surface area contributed by atoms with E-state index in [1.807, 2.05) is 56.4 Å². The molecule has 46 heavy (non-hydrogen) atoms. The number of allylic oxidation sites excluding steroid dienone is 12. The average Bonchev–Trinajstić information content (AvgIpc) is 3.06. The van der Waals surface area contributed by atoms with Gasteiger partial charge in [-0.05, 0) is 81.9 Å². The number of nitrogens with one attached hydrogen (secondary N) is 1. The maximum Gasteiger partial charge on any atom is 0.250 e. The summed E-state index contributed by atoms with van der Waals surface area (Å²) in [6, 6.07) is 8.67. The van der Waals surface area contributed by atoms with Gasteiger partial charge in [-0.2, -0.15) is 0 Å². The number of likely N-dealkylation sites (tertiary alicyclic amines) is 1. The average molecular weight is 621 g/mol. The summed E-state index contributed by atoms with van der Waals surface area (Å²) < 4.78 is 4.99. The van der Waals surface area contributed by atoms with Crippen LogP contribution in [0.5, 0.6) is 0 Å². The van der Waals surface area contributed by atoms with Crippen LogP contribution in [0.3, 0.4) is 0 Å². The van der Waals surface area contributed by atoms with Crippen molar-refractivity contribution in [1.82, 2.24) is 10.2 Å². The van der Waals surface area contributed by atoms with E-state index in [4.69, 9.17) is 4.74 Å². The summed E-state index contributed by atoms with van der Waals surface area (Å²) in [5.41, 5.74) is 5.73. The molecule has 0 saturated carbocycles. The first kappa shape index (κ1) is 39.9. The predicted molar refractivity (Wildman–Crippen MR) is 200 cm³/mol. The third kappa shape index (κ3) is 17.4. The topological polar surface area (TPSA) is 41.6 Å². The summed E-state index contributed by atoms with van der Waals surface area (Å²) in [5.74, 6) is 6.82. The fourth-order valence-corrected chi connectivity index (χ4v) is 4.39. The molecule has 2 rings (SSSR count). The van der Waals surface area contributed by atoms with Crippen LogP contribution in [0.15, 0.2) is 128 Å². The van der Waals surface area contributed by atoms with Crippen LogP contribution in [0.2, 0.25) is 0 Å². The third-order valence-corrected chi connectivity index (χ3v) is 7.29. The van der Waals surface area contributed by atoms with E-state index in [-0.39, 0.29) is 11.9 Å². The molecule has 1 aliphatic rings. The van der Waals surface area contributed by atoms with Crippen LogP contribution in [0, 0.1) is 24.7 Å². The minimum absolute atomic E-state index is 0.102. The van der Waals surface area contributed by atoms with Crippen LogP contribution in [0.25, 0.3) is 5.57 Å². The van der Waals surface area contributed by atoms with E-state index in [2.05, 4.69) is 92.9 Å². The molecule has 0 radical (unpaired) electrons. The lowest BCUT2D eigenvalue weighted by Gasteiger charge is -2.32. The molecular formula is C42H56N2O2. The van der Waals surface area contributed by atoms with Crippen LogP contribution in [0.4, 0.5) is 0 Å². The number of hydrogen-bond donors (Lipinski definition) is 1. The first-order valence-electron chi connectivity index (χ1n) is 16.3. The van der Waals surface area contributed by atoms with Gasteiger partial charge in [0.15, 0.2) is 0 Å². The predicted octanol–water partition coefficient (Wildman–Crippen LogP) is 9.13. The molecule has 4 heteroatoms. The van der Waals surface area contributed by atoms with E-state index in [1.165, 1.54) is 17.5 Å². The molecule has 1 aliphatic heterocycles. The molecule has 0 unspecified atom stereocenters. The zero-order chi connectivity index (χ0) is 34.2. The van der Waals surface area contributed by atoms with Gasteiger partial charge in [0.2, 0.25) is 0 Å². The van der Waals surface area contributed by atoms with Crippen LogP contribution in [-0.2, 0) is 9.53 Å². The van der Waals surface area contributed by atoms with Crippen molar-refractivity contribution in [2.24, 2.45) is 5.92 Å². The van der Waals surface area contributed by atoms with Crippen molar-refractivity contribution in [3.63, 3.8) is 0 Å². The molecule has 1 amide bonds. The zero-order valence-corrected chi connectivity index (χ0v) is 29.1. The molecule has 1 aromatic rings. The number of aryl methyl sites for hydroxylation is 1. The largest absolute Gasteiger partial charge is 0.381 e. The molecule has 1 heterocycles. The van der Waals surface area contributed by atoms with E-state index in [1.54, 1.807) is 25.3 Å². The third-order valence-electron chi connectivity index (χ3n) is 7.29. The fraction of sp³-hybridized carbons (Fsp3) is 0.357. The van der Waals surface area contributed by atoms with Crippen molar-refractivity contribution in [1.29, 1.82) is 0 Å². The Morgan fingerprint density at radius 2 is 1.72 bits per heavy atom. The highest BCUT2D eigenvalue weighted by atomic mass is 16.5. The smallest absolute Gasteiger partial charge is 0.250 e. The number of ether oxygens (including phenoxy) is 1. The van der Waals surface area contributed by atoms with Gasteiger partial charge in [0.05, 0.1) is 6.61 Å². The van der Waals surface area contributed by atoms with Crippen molar-refractivity contribution < 1.29 is 9.53 Å². The van der Waals surface area contributed by atoms with Gasteiger partial charge in [0, 0.05) is 43.0 Å². The minimum Gasteiger partial charge on any atom is -0.381 e. The second-order valence-corrected chi connectivity index (χ2v) is 11.6. The first-order chi connectivity index (χ1) is 22.2. The Kier molecular flexibility index (Phi) is 20.9. The van der Waals surface area contributed by atoms with Gasteiger partial charge < -0.3 is 15.0 Å². The van der Waals surface area contributed by atoms with Crippen LogP contribution in [-0.4, -0.2) is 50.2 Å². The number of piperidine rings is 1. The summed E-state index contributed by atoms with van der Waals surface area (Å²) in [4.78, 5) is 15.0. The highest BCUT2D eigenvalue weighted by Gasteiger charge is 2.20. The Balaban J connectivity index is 0.000000554. The summed E-state index contributed by atoms with van der Waals surface area (Å²) in [6.45, 7) is 25.8. The molecule has 0 bridgehead atoms. The Morgan fingerprint density at radius 1 is 1.04 bits per heavy atom. The van der Waals surface area contributed by atoms with Crippen molar-refractivity contribution in [2.45, 2.75) is 59.9 Å². The van der Waals surface area contributed by atoms with Crippen molar-refractivity contribution in [3.05, 3.63) is 139 Å². The highest BCUT2D eigenvalue weighted by molar-refractivity contribution is 5.95. The van der Waals surface area contributed by atoms with E-state index >= 15 is 0 Å². The molecule has 246 valence electrons. The first-order valence-corrected chi connectivity index (χ1v) is 16.3. The molecular weight excluding hydrogens is 564 g/mol. The van der Waals surface area contributed by atoms with E-state index in [0.717, 1.165) is 55.1 Å². The molecule has 1 saturated heterocycles. The highest BCUT2D eigenvalue weighted by Crippen LogP contribution is 2.17. The molecule has 1 aromatic carbocycles. The number of rotatable bonds is 14. The number of hydrogen-bond acceptors (Lipinski definition) is 3. The second-order valence-electron chi connectivity index (χ2n) is 11.6. The quantitative estimate of drug-likeness (QED) is 0.128. The molecule has 0 spiro atoms. The normalized spacial score (nSPS) is 15.1. The van der Waals surface area contributed by atoms with Crippen molar-refractivity contribution >= 4 is 11.5 Å². The van der Waals surface area contributed by atoms with Gasteiger partial charge in [-0.3, -0.25) is 4.79 Å². The number of carbonyl (C=O) groups excluding carboxylic acids is 1. The van der Waals surface area contributed by atoms with Crippen LogP contribution in [0.1, 0.15) is 58.1 Å². The summed E-state index contributed by atoms with van der Waals surface area (Å²) >= 11 is 0. The number of amides is 1. The molecule has 0 atom stereocenters. The number of carbonyl (C=O) groups is 1. The van der Waals surface area contributed by atoms with Gasteiger partial charge in [0.1, 0.15) is 0 Å². The van der Waals surface area contributed by atoms with Gasteiger partial charge in [-0.15, -0.1) is 0 Å². The number of methoxy groups -OCH3 is 1. The second kappa shape index (κ2) is 24.1. The Labute approximate surface area is 280 Å². The van der Waals surface area contributed by atoms with Gasteiger partial charge in [-0.25, -0.2) is 0 Å². The molecule has 0 aromatic heterocycles. The van der Waals surface area contributed by atoms with Gasteiger partial charge >= 0.3 is 0 Å². The summed E-state index contributed by atoms with van der Waals surface area (Å²) in [7, 11) is 1.69. The standard InChI is InChI=1S/C27H38N2O.C15H18O/c1-7-10-11-24(8-2)14-15-25(9-3)13-12-23(6)27(30)28-26-17-20-29(21-18-26)19-16-22(4)5;1-4-6-14(7-5-12-16-3)15-10-8-13(2)9-11-15/h7-13,22,26H,2,6,16-21H2,1,3-5H3,(H,28,30);4-11H,1,12H2,2-3H3/b10-7-,13-12-,24-11+,25-9+;7-5-,14-6+. The van der Waals surface area contributed by atoms with Crippen molar-refractivity contribution in [2.75, 3.05) is 33.4 Å². The summed E-state index contributed by atoms with van der Waals surface area (Å²) in [5, 5.41) is 3.13. The van der Waals surface area contributed by atoms with Gasteiger partial charge in [-0.1, -0.05) is 124 Å². The maximum absolute atomic E-state index is 12.5. The maximum atomic E-state index is 12.5. The van der Waals surface area contributed by atoms with E-state index < -0.39 is 0 Å². The zero-order valence-electron chi connectivity index (χ0n) is 29.1. The van der Waals surface area contributed by atoms with Crippen LogP contribution < -0.4 is 5.32 Å². The Bertz CT molecular complexity index is 1350. The number of nitrogens with zero attached hydrogens (tertiary/aromatic N) is 1. The monoisotopic (exact) mass is 620 g/mol. The van der Waals surface area contributed by atoms with Gasteiger partial charge in [0.25, 0.3) is 5.91 Å². The SMILES string of the molecule is C=C/C(C#CC(/C=C\C(=C)C(=O)NC1CCN(CCC(C)C)CC1)=C/C)=C\C=C/C.C=C/C=C(\C=C/COC)c1ccc(C)cc1. The Morgan fingerprint density at radius 3 is 2.28 bits per heavy atom. The lowest BCUT2D eigenvalue weighted by atomic mass is 10.0. The van der Waals surface area contributed by atoms with E-state index in [9.17, 15) is 4.79 Å². The molecule has 4 nitrogen and oxygen atoms in total. The lowest BCUT2D eigenvalue weighted by molar-refractivity contribution is -0.118. The lowest BCUT2D eigenvalue weighted by Crippen LogP contribution is -2.45. The molecule has 1 N–H and O–H groups in total. The molecule has 0 aliphatic carbocycles. The number of benzene rings is 1. The summed E-state index contributed by atoms with van der Waals surface area (Å²) in [6.07, 6.45) is 24.1. The van der Waals surface area contributed by atoms with Crippen LogP contribution >= 0.6 is 0 Å².